The van der Waals surface area contributed by atoms with Crippen LogP contribution in [0.4, 0.5) is 30.2 Å². The minimum atomic E-state index is -4.34. The smallest absolute Gasteiger partial charge is 0.381 e. The Morgan fingerprint density at radius 3 is 1.35 bits per heavy atom. The van der Waals surface area contributed by atoms with Crippen molar-refractivity contribution >= 4 is 61.1 Å². The number of halogens is 3. The summed E-state index contributed by atoms with van der Waals surface area (Å²) < 4.78 is 37.5. The molecule has 14 nitrogen and oxygen atoms in total. The molecule has 7 aromatic heterocycles. The van der Waals surface area contributed by atoms with E-state index in [1.807, 2.05) is 214 Å². The summed E-state index contributed by atoms with van der Waals surface area (Å²) in [7, 11) is 0. The van der Waals surface area contributed by atoms with Gasteiger partial charge in [0.2, 0.25) is 0 Å². The zero-order valence-electron chi connectivity index (χ0n) is 82.6. The summed E-state index contributed by atoms with van der Waals surface area (Å²) in [6.45, 7) is 25.3. The molecule has 0 saturated carbocycles. The molecular formula is C124H109F3Ir4N8O6Pt-4. The Labute approximate surface area is 921 Å². The second-order valence-electron chi connectivity index (χ2n) is 36.0. The number of carbonyl (C=O) groups is 2. The van der Waals surface area contributed by atoms with Crippen molar-refractivity contribution in [3.05, 3.63) is 470 Å². The number of alkyl halides is 3. The van der Waals surface area contributed by atoms with E-state index in [4.69, 9.17) is 20.2 Å². The van der Waals surface area contributed by atoms with Gasteiger partial charge in [0.05, 0.1) is 45.5 Å². The fourth-order valence-electron chi connectivity index (χ4n) is 15.6. The van der Waals surface area contributed by atoms with Crippen LogP contribution in [0, 0.1) is 31.2 Å². The summed E-state index contributed by atoms with van der Waals surface area (Å²) in [5.74, 6) is 0.261. The minimum absolute atomic E-state index is 0. The Hall–Kier alpha value is -13.6. The molecular weight excluding hydrogens is 2720 g/mol. The summed E-state index contributed by atoms with van der Waals surface area (Å²) in [4.78, 5) is 54.5. The van der Waals surface area contributed by atoms with Gasteiger partial charge in [0.1, 0.15) is 11.5 Å². The van der Waals surface area contributed by atoms with E-state index in [-0.39, 0.29) is 152 Å². The number of fused-ring (bicyclic) bond motifs is 4. The van der Waals surface area contributed by atoms with Gasteiger partial charge in [0, 0.05) is 172 Å². The largest absolute Gasteiger partial charge is 0.512 e. The normalized spacial score (nSPS) is 11.3. The first-order chi connectivity index (χ1) is 67.6. The summed E-state index contributed by atoms with van der Waals surface area (Å²) in [5.41, 5.74) is 23.0. The monoisotopic (exact) mass is 2830 g/mol. The van der Waals surface area contributed by atoms with Crippen molar-refractivity contribution in [2.24, 2.45) is 0 Å². The number of phenolic OH excluding ortho intramolecular Hbond substituents is 2. The average molecular weight is 2830 g/mol. The molecule has 1 aliphatic rings. The predicted octanol–water partition coefficient (Wildman–Crippen LogP) is 31.4. The number of para-hydroxylation sites is 5. The van der Waals surface area contributed by atoms with E-state index in [1.54, 1.807) is 30.3 Å². The first-order valence-electron chi connectivity index (χ1n) is 46.0. The average Bonchev–Trinajstić information content (AvgIpc) is 0.723. The van der Waals surface area contributed by atoms with Gasteiger partial charge >= 0.3 is 6.18 Å². The van der Waals surface area contributed by atoms with Gasteiger partial charge in [-0.2, -0.15) is 13.2 Å². The van der Waals surface area contributed by atoms with Crippen LogP contribution in [0.5, 0.6) is 11.5 Å². The van der Waals surface area contributed by atoms with Crippen LogP contribution in [0.2, 0.25) is 0 Å². The van der Waals surface area contributed by atoms with Gasteiger partial charge in [0.15, 0.2) is 11.6 Å². The molecule has 0 bridgehead atoms. The number of benzene rings is 12. The minimum Gasteiger partial charge on any atom is -0.512 e. The number of aromatic hydroxyl groups is 2. The molecule has 7 heterocycles. The SMILES string of the molecule is CC(=O)C=C(C)O.CC(=O)C=C(C)O.CC(C)(C)c1cc(-c2cc(C(C)(C)C)cc(-c3ccccc3O)n2)nc(-c2ccccc2O)c1.CC1(C)c2ccc[c-]c2-c2nccc3cccc1c23.Cc1ccc(-c2ccccc2)nc1.FC(F)(F)c1c[c-]c(-c2ccc3ccccc3n2)cc1.[Ir].[Ir].[Ir].[Ir].[Pt].[c-]1ccccc1-c1cc(N(c2ccccc2)c2ccccc2)ccn1.[c-]1ccccc1-c1nccc2ccccc12. The van der Waals surface area contributed by atoms with E-state index in [0.29, 0.717) is 33.8 Å². The second kappa shape index (κ2) is 55.1. The molecule has 146 heavy (non-hydrogen) atoms. The molecule has 0 unspecified atom stereocenters. The Bertz CT molecular complexity index is 7370. The summed E-state index contributed by atoms with van der Waals surface area (Å²) in [6, 6.07) is 130. The molecule has 0 amide bonds. The van der Waals surface area contributed by atoms with Gasteiger partial charge in [-0.25, -0.2) is 9.97 Å². The maximum atomic E-state index is 12.5. The number of hydrogen-bond donors (Lipinski definition) is 4. The predicted molar refractivity (Wildman–Crippen MR) is 566 cm³/mol. The third-order valence-electron chi connectivity index (χ3n) is 22.7. The van der Waals surface area contributed by atoms with E-state index < -0.39 is 11.7 Å². The van der Waals surface area contributed by atoms with E-state index in [0.717, 1.165) is 102 Å². The van der Waals surface area contributed by atoms with Gasteiger partial charge in [-0.1, -0.05) is 231 Å². The number of rotatable bonds is 12. The molecule has 22 heteroatoms. The van der Waals surface area contributed by atoms with Gasteiger partial charge < -0.3 is 40.3 Å². The first kappa shape index (κ1) is 118. The van der Waals surface area contributed by atoms with Gasteiger partial charge in [-0.05, 0) is 232 Å². The zero-order chi connectivity index (χ0) is 100. The number of ketones is 2. The number of hydrogen-bond acceptors (Lipinski definition) is 14. The molecule has 19 aromatic rings. The Morgan fingerprint density at radius 1 is 0.377 bits per heavy atom. The molecule has 0 saturated heterocycles. The number of aliphatic hydroxyl groups is 2. The number of carbonyl (C=O) groups excluding carboxylic acids is 2. The van der Waals surface area contributed by atoms with Gasteiger partial charge in [-0.15, -0.1) is 137 Å². The van der Waals surface area contributed by atoms with Crippen LogP contribution in [-0.4, -0.2) is 66.9 Å². The Kier molecular flexibility index (Phi) is 44.4. The molecule has 4 N–H and O–H groups in total. The van der Waals surface area contributed by atoms with Crippen LogP contribution in [0.3, 0.4) is 0 Å². The van der Waals surface area contributed by atoms with Crippen LogP contribution in [0.25, 0.3) is 123 Å². The first-order valence-corrected chi connectivity index (χ1v) is 46.0. The summed E-state index contributed by atoms with van der Waals surface area (Å²) >= 11 is 0. The maximum Gasteiger partial charge on any atom is 0.381 e. The zero-order valence-corrected chi connectivity index (χ0v) is 94.4. The Balaban J connectivity index is 0.000000211. The number of nitrogens with zero attached hydrogens (tertiary/aromatic N) is 8. The van der Waals surface area contributed by atoms with Crippen LogP contribution in [0.15, 0.2) is 412 Å². The number of anilines is 3. The second-order valence-corrected chi connectivity index (χ2v) is 36.0. The molecule has 0 spiro atoms. The van der Waals surface area contributed by atoms with Crippen molar-refractivity contribution in [2.45, 2.75) is 112 Å². The van der Waals surface area contributed by atoms with E-state index >= 15 is 0 Å². The molecule has 0 fully saturated rings. The van der Waals surface area contributed by atoms with E-state index in [1.165, 1.54) is 89.7 Å². The molecule has 1 aliphatic carbocycles. The summed E-state index contributed by atoms with van der Waals surface area (Å²) in [5, 5.41) is 43.7. The third-order valence-corrected chi connectivity index (χ3v) is 22.7. The third kappa shape index (κ3) is 32.2. The van der Waals surface area contributed by atoms with Gasteiger partial charge in [0.25, 0.3) is 0 Å². The van der Waals surface area contributed by atoms with Crippen LogP contribution < -0.4 is 4.90 Å². The number of pyridine rings is 7. The van der Waals surface area contributed by atoms with Crippen LogP contribution in [0.1, 0.15) is 116 Å². The molecule has 4 radical (unpaired) electrons. The van der Waals surface area contributed by atoms with Crippen molar-refractivity contribution in [1.82, 2.24) is 34.9 Å². The Morgan fingerprint density at radius 2 is 0.842 bits per heavy atom. The fourth-order valence-corrected chi connectivity index (χ4v) is 15.6. The molecule has 20 rings (SSSR count). The van der Waals surface area contributed by atoms with Crippen molar-refractivity contribution in [3.8, 4) is 102 Å². The standard InChI is InChI=1S/C30H32N2O2.C23H17N2.C18H14N.C16H9F3N.C15H10N.C12H11N.2C5H8O2.4Ir.Pt/c1-29(2,3)19-15-23(21-11-7-9-13-27(21)33)31-25(17-19)26-18-20(30(4,5)6)16-24(32-26)22-12-8-10-14-28(22)34;1-4-10-19(11-5-1)23-18-22(16-17-24-23)25(20-12-6-2-7-13-20)21-14-8-3-9-15-21;1-18(2)14-8-4-3-7-13(14)17-16-12(10-11-19-17)6-5-9-15(16)18;17-16(18,19)13-8-5-12(6-9-13)15-10-7-11-3-1-2-4-14(11)20-15;1-2-7-13(8-3-1)15-14-9-5-4-6-12(14)10-11-16-15;1-10-7-8-12(13-9-10)11-5-3-2-4-6-11;2*1-4(6)3-5(2)7;;;;;/h7-18,33-34H,1-6H3;1-10,12-18H;3-6,8-11H,1-2H3;1-5,7-10H;1-7,9-11H;2-9H,1H3;2*3,6H,1-2H3;;;;;/q;4*-1;;;;;;;;. The fraction of sp³-hybridized carbons (Fsp3) is 0.137. The maximum absolute atomic E-state index is 12.5. The number of allylic oxidation sites excluding steroid dienone is 4. The summed E-state index contributed by atoms with van der Waals surface area (Å²) in [6.07, 6.45) is 5.47. The van der Waals surface area contributed by atoms with Gasteiger partial charge in [-0.3, -0.25) is 19.6 Å². The molecule has 752 valence electrons. The number of aliphatic hydroxyl groups excluding tert-OH is 2. The van der Waals surface area contributed by atoms with Crippen LogP contribution >= 0.6 is 0 Å². The molecule has 0 atom stereocenters. The number of aryl methyl sites for hydroxylation is 1. The quantitative estimate of drug-likeness (QED) is 0.0510. The van der Waals surface area contributed by atoms with Crippen LogP contribution in [-0.2, 0) is 133 Å². The van der Waals surface area contributed by atoms with Crippen molar-refractivity contribution in [1.29, 1.82) is 0 Å². The molecule has 12 aromatic carbocycles. The topological polar surface area (TPSA) is 209 Å². The molecule has 0 aliphatic heterocycles. The number of aromatic nitrogens is 7. The van der Waals surface area contributed by atoms with E-state index in [2.05, 4.69) is 243 Å². The van der Waals surface area contributed by atoms with Crippen molar-refractivity contribution in [2.75, 3.05) is 4.90 Å². The van der Waals surface area contributed by atoms with Crippen molar-refractivity contribution in [3.63, 3.8) is 0 Å². The van der Waals surface area contributed by atoms with Crippen molar-refractivity contribution < 1.29 is 145 Å². The number of phenols is 2. The van der Waals surface area contributed by atoms with E-state index in [9.17, 15) is 33.0 Å².